The van der Waals surface area contributed by atoms with E-state index in [4.69, 9.17) is 0 Å². The highest BCUT2D eigenvalue weighted by Crippen LogP contribution is 2.24. The highest BCUT2D eigenvalue weighted by molar-refractivity contribution is 9.10. The maximum atomic E-state index is 12.9. The number of carbonyl (C=O) groups is 2. The Balaban J connectivity index is 1.84. The van der Waals surface area contributed by atoms with E-state index in [-0.39, 0.29) is 18.3 Å². The smallest absolute Gasteiger partial charge is 0.244 e. The van der Waals surface area contributed by atoms with Crippen LogP contribution < -0.4 is 5.32 Å². The Morgan fingerprint density at radius 2 is 1.96 bits per heavy atom. The van der Waals surface area contributed by atoms with Gasteiger partial charge in [-0.2, -0.15) is 0 Å². The number of aldehydes is 1. The standard InChI is InChI=1S/C17H12BrFN2O2/c18-12-1-6-16-15(7-12)11(10-22)8-21(16)9-17(23)20-14-4-2-13(19)3-5-14/h1-8,10H,9H2,(H,20,23). The van der Waals surface area contributed by atoms with Crippen molar-refractivity contribution in [3.8, 4) is 0 Å². The Kier molecular flexibility index (Phi) is 4.25. The molecule has 4 nitrogen and oxygen atoms in total. The van der Waals surface area contributed by atoms with Gasteiger partial charge in [0.15, 0.2) is 6.29 Å². The number of hydrogen-bond donors (Lipinski definition) is 1. The number of amides is 1. The van der Waals surface area contributed by atoms with Crippen molar-refractivity contribution in [2.45, 2.75) is 6.54 Å². The number of rotatable bonds is 4. The van der Waals surface area contributed by atoms with E-state index in [0.29, 0.717) is 11.3 Å². The third-order valence-electron chi connectivity index (χ3n) is 3.44. The molecule has 1 aromatic heterocycles. The minimum Gasteiger partial charge on any atom is -0.337 e. The van der Waals surface area contributed by atoms with Gasteiger partial charge in [0.05, 0.1) is 0 Å². The highest BCUT2D eigenvalue weighted by Gasteiger charge is 2.11. The molecule has 1 heterocycles. The fourth-order valence-electron chi connectivity index (χ4n) is 2.41. The topological polar surface area (TPSA) is 51.1 Å². The van der Waals surface area contributed by atoms with Gasteiger partial charge in [-0.25, -0.2) is 4.39 Å². The summed E-state index contributed by atoms with van der Waals surface area (Å²) in [7, 11) is 0. The average Bonchev–Trinajstić information content (AvgIpc) is 2.86. The number of benzene rings is 2. The minimum absolute atomic E-state index is 0.0589. The van der Waals surface area contributed by atoms with Crippen molar-refractivity contribution in [1.82, 2.24) is 4.57 Å². The van der Waals surface area contributed by atoms with Gasteiger partial charge in [0.1, 0.15) is 12.4 Å². The molecule has 2 aromatic carbocycles. The molecule has 0 aliphatic heterocycles. The van der Waals surface area contributed by atoms with Gasteiger partial charge in [0, 0.05) is 32.8 Å². The monoisotopic (exact) mass is 374 g/mol. The van der Waals surface area contributed by atoms with Crippen molar-refractivity contribution in [3.63, 3.8) is 0 Å². The maximum absolute atomic E-state index is 12.9. The van der Waals surface area contributed by atoms with Crippen LogP contribution in [0, 0.1) is 5.82 Å². The van der Waals surface area contributed by atoms with Crippen LogP contribution in [0.15, 0.2) is 53.1 Å². The van der Waals surface area contributed by atoms with Gasteiger partial charge in [-0.05, 0) is 42.5 Å². The van der Waals surface area contributed by atoms with Crippen LogP contribution in [0.4, 0.5) is 10.1 Å². The van der Waals surface area contributed by atoms with E-state index < -0.39 is 0 Å². The zero-order valence-electron chi connectivity index (χ0n) is 11.9. The van der Waals surface area contributed by atoms with Crippen LogP contribution in [-0.2, 0) is 11.3 Å². The molecule has 0 unspecified atom stereocenters. The molecule has 3 aromatic rings. The Hall–Kier alpha value is -2.47. The number of nitrogens with zero attached hydrogens (tertiary/aromatic N) is 1. The predicted molar refractivity (Wildman–Crippen MR) is 90.1 cm³/mol. The average molecular weight is 375 g/mol. The van der Waals surface area contributed by atoms with Crippen LogP contribution in [-0.4, -0.2) is 16.8 Å². The number of halogens is 2. The van der Waals surface area contributed by atoms with Crippen molar-refractivity contribution in [1.29, 1.82) is 0 Å². The number of nitrogens with one attached hydrogen (secondary N) is 1. The summed E-state index contributed by atoms with van der Waals surface area (Å²) in [6.45, 7) is 0.0589. The van der Waals surface area contributed by atoms with Gasteiger partial charge < -0.3 is 9.88 Å². The summed E-state index contributed by atoms with van der Waals surface area (Å²) in [4.78, 5) is 23.3. The van der Waals surface area contributed by atoms with Gasteiger partial charge in [-0.15, -0.1) is 0 Å². The number of anilines is 1. The third kappa shape index (κ3) is 3.32. The van der Waals surface area contributed by atoms with E-state index >= 15 is 0 Å². The molecule has 1 N–H and O–H groups in total. The van der Waals surface area contributed by atoms with Crippen LogP contribution in [0.1, 0.15) is 10.4 Å². The molecule has 0 aliphatic rings. The zero-order chi connectivity index (χ0) is 16.4. The van der Waals surface area contributed by atoms with Crippen LogP contribution in [0.25, 0.3) is 10.9 Å². The Morgan fingerprint density at radius 1 is 1.22 bits per heavy atom. The van der Waals surface area contributed by atoms with E-state index in [1.54, 1.807) is 10.8 Å². The largest absolute Gasteiger partial charge is 0.337 e. The first-order chi connectivity index (χ1) is 11.1. The van der Waals surface area contributed by atoms with Gasteiger partial charge in [-0.3, -0.25) is 9.59 Å². The summed E-state index contributed by atoms with van der Waals surface area (Å²) in [5.74, 6) is -0.616. The second-order valence-corrected chi connectivity index (χ2v) is 5.96. The van der Waals surface area contributed by atoms with E-state index in [0.717, 1.165) is 21.7 Å². The number of fused-ring (bicyclic) bond motifs is 1. The molecule has 0 aliphatic carbocycles. The summed E-state index contributed by atoms with van der Waals surface area (Å²) in [5.41, 5.74) is 1.84. The van der Waals surface area contributed by atoms with Crippen molar-refractivity contribution in [2.75, 3.05) is 5.32 Å². The molecule has 6 heteroatoms. The fraction of sp³-hybridized carbons (Fsp3) is 0.0588. The van der Waals surface area contributed by atoms with Crippen molar-refractivity contribution >= 4 is 44.7 Å². The minimum atomic E-state index is -0.361. The lowest BCUT2D eigenvalue weighted by molar-refractivity contribution is -0.116. The van der Waals surface area contributed by atoms with Crippen LogP contribution in [0.3, 0.4) is 0 Å². The Bertz CT molecular complexity index is 887. The molecule has 0 fully saturated rings. The van der Waals surface area contributed by atoms with E-state index in [1.807, 2.05) is 18.2 Å². The first kappa shape index (κ1) is 15.4. The lowest BCUT2D eigenvalue weighted by Crippen LogP contribution is -2.18. The molecule has 3 rings (SSSR count). The van der Waals surface area contributed by atoms with Crippen molar-refractivity contribution < 1.29 is 14.0 Å². The number of aromatic nitrogens is 1. The summed E-state index contributed by atoms with van der Waals surface area (Å²) in [6, 6.07) is 11.1. The summed E-state index contributed by atoms with van der Waals surface area (Å²) in [6.07, 6.45) is 2.41. The van der Waals surface area contributed by atoms with Crippen molar-refractivity contribution in [3.05, 3.63) is 64.5 Å². The summed E-state index contributed by atoms with van der Waals surface area (Å²) in [5, 5.41) is 3.48. The molecule has 0 radical (unpaired) electrons. The highest BCUT2D eigenvalue weighted by atomic mass is 79.9. The number of carbonyl (C=O) groups excluding carboxylic acids is 2. The molecule has 0 spiro atoms. The Morgan fingerprint density at radius 3 is 2.65 bits per heavy atom. The van der Waals surface area contributed by atoms with E-state index in [9.17, 15) is 14.0 Å². The van der Waals surface area contributed by atoms with Gasteiger partial charge in [0.2, 0.25) is 5.91 Å². The van der Waals surface area contributed by atoms with E-state index in [1.165, 1.54) is 24.3 Å². The first-order valence-corrected chi connectivity index (χ1v) is 7.65. The maximum Gasteiger partial charge on any atom is 0.244 e. The lowest BCUT2D eigenvalue weighted by Gasteiger charge is -2.07. The van der Waals surface area contributed by atoms with Gasteiger partial charge >= 0.3 is 0 Å². The quantitative estimate of drug-likeness (QED) is 0.701. The van der Waals surface area contributed by atoms with Crippen LogP contribution in [0.2, 0.25) is 0 Å². The van der Waals surface area contributed by atoms with Gasteiger partial charge in [-0.1, -0.05) is 15.9 Å². The second kappa shape index (κ2) is 6.34. The van der Waals surface area contributed by atoms with Crippen LogP contribution in [0.5, 0.6) is 0 Å². The molecular weight excluding hydrogens is 363 g/mol. The number of hydrogen-bond acceptors (Lipinski definition) is 2. The third-order valence-corrected chi connectivity index (χ3v) is 3.94. The van der Waals surface area contributed by atoms with Crippen molar-refractivity contribution in [2.24, 2.45) is 0 Å². The van der Waals surface area contributed by atoms with Gasteiger partial charge in [0.25, 0.3) is 0 Å². The molecule has 0 saturated carbocycles. The molecule has 23 heavy (non-hydrogen) atoms. The summed E-state index contributed by atoms with van der Waals surface area (Å²) < 4.78 is 15.4. The first-order valence-electron chi connectivity index (χ1n) is 6.86. The SMILES string of the molecule is O=Cc1cn(CC(=O)Nc2ccc(F)cc2)c2ccc(Br)cc12. The molecule has 0 atom stereocenters. The molecule has 0 bridgehead atoms. The Labute approximate surface area is 140 Å². The normalized spacial score (nSPS) is 10.7. The van der Waals surface area contributed by atoms with E-state index in [2.05, 4.69) is 21.2 Å². The molecule has 0 saturated heterocycles. The zero-order valence-corrected chi connectivity index (χ0v) is 13.5. The second-order valence-electron chi connectivity index (χ2n) is 5.05. The molecular formula is C17H12BrFN2O2. The van der Waals surface area contributed by atoms with Crippen LogP contribution >= 0.6 is 15.9 Å². The fourth-order valence-corrected chi connectivity index (χ4v) is 2.77. The summed E-state index contributed by atoms with van der Waals surface area (Å²) >= 11 is 3.37. The lowest BCUT2D eigenvalue weighted by atomic mass is 10.2. The predicted octanol–water partition coefficient (Wildman–Crippen LogP) is 3.99. The molecule has 1 amide bonds. The molecule has 116 valence electrons.